The Hall–Kier alpha value is -1.95. The van der Waals surface area contributed by atoms with Crippen molar-refractivity contribution in [3.05, 3.63) is 35.9 Å². The Morgan fingerprint density at radius 2 is 1.95 bits per heavy atom. The summed E-state index contributed by atoms with van der Waals surface area (Å²) >= 11 is 5.00. The lowest BCUT2D eigenvalue weighted by Gasteiger charge is -2.25. The third-order valence-electron chi connectivity index (χ3n) is 2.91. The van der Waals surface area contributed by atoms with Gasteiger partial charge in [0, 0.05) is 6.54 Å². The van der Waals surface area contributed by atoms with Crippen LogP contribution in [0.4, 0.5) is 0 Å². The number of carbonyl (C=O) groups is 2. The van der Waals surface area contributed by atoms with Crippen LogP contribution in [0.3, 0.4) is 0 Å². The average molecular weight is 294 g/mol. The zero-order chi connectivity index (χ0) is 15.1. The molecule has 2 N–H and O–H groups in total. The van der Waals surface area contributed by atoms with Gasteiger partial charge in [0.25, 0.3) is 0 Å². The minimum absolute atomic E-state index is 0.0875. The number of nitrogens with two attached hydrogens (primary N) is 1. The highest BCUT2D eigenvalue weighted by Gasteiger charge is 2.28. The molecule has 1 amide bonds. The molecular weight excluding hydrogens is 276 g/mol. The number of thiocarbonyl (C=S) groups is 1. The number of likely N-dealkylation sites (N-methyl/N-ethyl adjacent to an activating group) is 1. The molecule has 0 aromatic heterocycles. The third kappa shape index (κ3) is 4.03. The van der Waals surface area contributed by atoms with Crippen LogP contribution in [0, 0.1) is 0 Å². The molecular formula is C14H18N2O3S. The Kier molecular flexibility index (Phi) is 6.11. The number of hydrogen-bond donors (Lipinski definition) is 1. The Labute approximate surface area is 123 Å². The topological polar surface area (TPSA) is 72.6 Å². The summed E-state index contributed by atoms with van der Waals surface area (Å²) in [5.74, 6) is -1.50. The lowest BCUT2D eigenvalue weighted by molar-refractivity contribution is -0.146. The second-order valence-electron chi connectivity index (χ2n) is 4.17. The number of benzene rings is 1. The summed E-state index contributed by atoms with van der Waals surface area (Å²) < 4.78 is 4.58. The van der Waals surface area contributed by atoms with Gasteiger partial charge in [-0.2, -0.15) is 0 Å². The zero-order valence-electron chi connectivity index (χ0n) is 11.5. The molecule has 0 aliphatic heterocycles. The number of hydrogen-bond acceptors (Lipinski definition) is 4. The van der Waals surface area contributed by atoms with E-state index in [1.165, 1.54) is 12.0 Å². The molecule has 0 saturated carbocycles. The number of ether oxygens (including phenoxy) is 1. The van der Waals surface area contributed by atoms with Crippen molar-refractivity contribution in [2.45, 2.75) is 12.8 Å². The monoisotopic (exact) mass is 294 g/mol. The maximum absolute atomic E-state index is 12.5. The molecule has 1 rings (SSSR count). The Morgan fingerprint density at radius 3 is 2.40 bits per heavy atom. The van der Waals surface area contributed by atoms with Gasteiger partial charge >= 0.3 is 5.97 Å². The smallest absolute Gasteiger partial charge is 0.325 e. The zero-order valence-corrected chi connectivity index (χ0v) is 12.4. The molecule has 0 aliphatic rings. The second kappa shape index (κ2) is 7.59. The van der Waals surface area contributed by atoms with E-state index in [0.717, 1.165) is 0 Å². The lowest BCUT2D eigenvalue weighted by atomic mass is 9.97. The van der Waals surface area contributed by atoms with Gasteiger partial charge in [0.05, 0.1) is 12.1 Å². The summed E-state index contributed by atoms with van der Waals surface area (Å²) in [7, 11) is 1.28. The van der Waals surface area contributed by atoms with Crippen LogP contribution in [-0.4, -0.2) is 42.0 Å². The number of carbonyl (C=O) groups excluding carboxylic acids is 2. The molecule has 0 aliphatic carbocycles. The predicted octanol–water partition coefficient (Wildman–Crippen LogP) is 1.08. The minimum Gasteiger partial charge on any atom is -0.468 e. The van der Waals surface area contributed by atoms with Crippen molar-refractivity contribution in [3.63, 3.8) is 0 Å². The quantitative estimate of drug-likeness (QED) is 0.628. The van der Waals surface area contributed by atoms with Gasteiger partial charge in [-0.15, -0.1) is 0 Å². The number of nitrogens with zero attached hydrogens (tertiary/aromatic N) is 1. The number of methoxy groups -OCH3 is 1. The molecule has 0 bridgehead atoms. The van der Waals surface area contributed by atoms with E-state index in [0.29, 0.717) is 12.1 Å². The highest BCUT2D eigenvalue weighted by atomic mass is 32.1. The van der Waals surface area contributed by atoms with Crippen LogP contribution < -0.4 is 5.73 Å². The first-order valence-electron chi connectivity index (χ1n) is 6.21. The van der Waals surface area contributed by atoms with Crippen molar-refractivity contribution in [2.24, 2.45) is 5.73 Å². The molecule has 0 radical (unpaired) electrons. The van der Waals surface area contributed by atoms with E-state index in [1.807, 2.05) is 18.2 Å². The van der Waals surface area contributed by atoms with Gasteiger partial charge in [0.1, 0.15) is 12.5 Å². The van der Waals surface area contributed by atoms with E-state index in [-0.39, 0.29) is 17.4 Å². The van der Waals surface area contributed by atoms with Crippen LogP contribution in [-0.2, 0) is 14.3 Å². The van der Waals surface area contributed by atoms with E-state index < -0.39 is 11.9 Å². The van der Waals surface area contributed by atoms with Gasteiger partial charge < -0.3 is 15.4 Å². The van der Waals surface area contributed by atoms with E-state index >= 15 is 0 Å². The largest absolute Gasteiger partial charge is 0.468 e. The first-order chi connectivity index (χ1) is 9.51. The van der Waals surface area contributed by atoms with Crippen LogP contribution in [0.15, 0.2) is 30.3 Å². The van der Waals surface area contributed by atoms with E-state index in [1.54, 1.807) is 19.1 Å². The molecule has 108 valence electrons. The van der Waals surface area contributed by atoms with Crippen molar-refractivity contribution in [1.29, 1.82) is 0 Å². The molecule has 0 spiro atoms. The van der Waals surface area contributed by atoms with Crippen LogP contribution in [0.5, 0.6) is 0 Å². The van der Waals surface area contributed by atoms with Gasteiger partial charge in [0.15, 0.2) is 0 Å². The normalized spacial score (nSPS) is 11.5. The van der Waals surface area contributed by atoms with Crippen molar-refractivity contribution in [2.75, 3.05) is 20.2 Å². The number of amides is 1. The Bertz CT molecular complexity index is 490. The highest BCUT2D eigenvalue weighted by Crippen LogP contribution is 2.19. The van der Waals surface area contributed by atoms with Crippen LogP contribution in [0.25, 0.3) is 0 Å². The molecule has 5 nitrogen and oxygen atoms in total. The van der Waals surface area contributed by atoms with E-state index in [2.05, 4.69) is 4.74 Å². The predicted molar refractivity (Wildman–Crippen MR) is 80.2 cm³/mol. The first kappa shape index (κ1) is 16.1. The van der Waals surface area contributed by atoms with E-state index in [4.69, 9.17) is 18.0 Å². The minimum atomic E-state index is -0.726. The van der Waals surface area contributed by atoms with Crippen molar-refractivity contribution in [3.8, 4) is 0 Å². The molecule has 0 fully saturated rings. The summed E-state index contributed by atoms with van der Waals surface area (Å²) in [4.78, 5) is 25.3. The first-order valence-corrected chi connectivity index (χ1v) is 6.62. The third-order valence-corrected chi connectivity index (χ3v) is 3.14. The van der Waals surface area contributed by atoms with Crippen LogP contribution in [0.2, 0.25) is 0 Å². The van der Waals surface area contributed by atoms with Gasteiger partial charge in [-0.1, -0.05) is 42.5 Å². The highest BCUT2D eigenvalue weighted by molar-refractivity contribution is 7.80. The second-order valence-corrected chi connectivity index (χ2v) is 4.65. The summed E-state index contributed by atoms with van der Waals surface area (Å²) in [6.07, 6.45) is 0. The summed E-state index contributed by atoms with van der Waals surface area (Å²) in [6.45, 7) is 2.04. The van der Waals surface area contributed by atoms with Crippen LogP contribution >= 0.6 is 12.2 Å². The van der Waals surface area contributed by atoms with Crippen molar-refractivity contribution in [1.82, 2.24) is 4.90 Å². The number of esters is 1. The summed E-state index contributed by atoms with van der Waals surface area (Å²) in [6, 6.07) is 9.03. The van der Waals surface area contributed by atoms with Gasteiger partial charge in [-0.25, -0.2) is 0 Å². The number of rotatable bonds is 6. The van der Waals surface area contributed by atoms with Crippen molar-refractivity contribution >= 4 is 29.1 Å². The van der Waals surface area contributed by atoms with Gasteiger partial charge in [-0.05, 0) is 12.5 Å². The van der Waals surface area contributed by atoms with E-state index in [9.17, 15) is 9.59 Å². The SMILES string of the molecule is CCN(CC(=O)OC)C(=O)C(C(N)=S)c1ccccc1. The molecule has 20 heavy (non-hydrogen) atoms. The molecule has 1 aromatic carbocycles. The molecule has 1 aromatic rings. The fourth-order valence-electron chi connectivity index (χ4n) is 1.82. The van der Waals surface area contributed by atoms with Crippen LogP contribution in [0.1, 0.15) is 18.4 Å². The standard InChI is InChI=1S/C14H18N2O3S/c1-3-16(9-11(17)19-2)14(18)12(13(15)20)10-7-5-4-6-8-10/h4-8,12H,3,9H2,1-2H3,(H2,15,20). The fraction of sp³-hybridized carbons (Fsp3) is 0.357. The van der Waals surface area contributed by atoms with Crippen molar-refractivity contribution < 1.29 is 14.3 Å². The van der Waals surface area contributed by atoms with Gasteiger partial charge in [-0.3, -0.25) is 9.59 Å². The molecule has 1 unspecified atom stereocenters. The molecule has 6 heteroatoms. The maximum atomic E-state index is 12.5. The fourth-order valence-corrected chi connectivity index (χ4v) is 2.06. The molecule has 0 saturated heterocycles. The summed E-state index contributed by atoms with van der Waals surface area (Å²) in [5, 5.41) is 0. The average Bonchev–Trinajstić information content (AvgIpc) is 2.45. The van der Waals surface area contributed by atoms with Gasteiger partial charge in [0.2, 0.25) is 5.91 Å². The Morgan fingerprint density at radius 1 is 1.35 bits per heavy atom. The molecule has 0 heterocycles. The Balaban J connectivity index is 2.99. The lowest BCUT2D eigenvalue weighted by Crippen LogP contribution is -2.42. The maximum Gasteiger partial charge on any atom is 0.325 e. The molecule has 1 atom stereocenters. The summed E-state index contributed by atoms with van der Waals surface area (Å²) in [5.41, 5.74) is 6.41.